The number of carbonyl (C=O) groups is 3. The quantitative estimate of drug-likeness (QED) is 0.451. The van der Waals surface area contributed by atoms with Crippen LogP contribution in [0.25, 0.3) is 5.69 Å². The second kappa shape index (κ2) is 9.32. The number of hydrogen-bond acceptors (Lipinski definition) is 6. The molecule has 2 N–H and O–H groups in total. The highest BCUT2D eigenvalue weighted by Crippen LogP contribution is 2.27. The van der Waals surface area contributed by atoms with Gasteiger partial charge in [-0.2, -0.15) is 0 Å². The molecule has 0 bridgehead atoms. The van der Waals surface area contributed by atoms with E-state index in [0.717, 1.165) is 0 Å². The number of carbonyl (C=O) groups excluding carboxylic acids is 3. The number of amides is 2. The maximum atomic E-state index is 13.1. The van der Waals surface area contributed by atoms with E-state index in [4.69, 9.17) is 9.47 Å². The molecule has 2 amide bonds. The third-order valence-corrected chi connectivity index (χ3v) is 3.97. The lowest BCUT2D eigenvalue weighted by atomic mass is 10.2. The maximum absolute atomic E-state index is 13.1. The van der Waals surface area contributed by atoms with Crippen molar-refractivity contribution in [2.24, 2.45) is 0 Å². The Balaban J connectivity index is 1.57. The van der Waals surface area contributed by atoms with Crippen molar-refractivity contribution in [3.8, 4) is 17.2 Å². The number of nitrogens with one attached hydrogen (secondary N) is 2. The number of aldehydes is 1. The Kier molecular flexibility index (Phi) is 6.38. The van der Waals surface area contributed by atoms with Gasteiger partial charge in [-0.1, -0.05) is 0 Å². The van der Waals surface area contributed by atoms with Gasteiger partial charge in [0.15, 0.2) is 18.1 Å². The molecule has 3 aromatic rings. The van der Waals surface area contributed by atoms with Crippen molar-refractivity contribution in [2.45, 2.75) is 0 Å². The number of aromatic nitrogens is 2. The molecule has 9 nitrogen and oxygen atoms in total. The maximum Gasteiger partial charge on any atom is 0.288 e. The van der Waals surface area contributed by atoms with Crippen molar-refractivity contribution in [1.82, 2.24) is 20.4 Å². The summed E-state index contributed by atoms with van der Waals surface area (Å²) in [4.78, 5) is 39.1. The first-order valence-electron chi connectivity index (χ1n) is 8.65. The Hall–Kier alpha value is -4.21. The highest BCUT2D eigenvalue weighted by Gasteiger charge is 2.15. The Labute approximate surface area is 170 Å². The summed E-state index contributed by atoms with van der Waals surface area (Å²) in [5, 5.41) is 0. The van der Waals surface area contributed by atoms with Crippen LogP contribution in [0.5, 0.6) is 11.5 Å². The second-order valence-corrected chi connectivity index (χ2v) is 5.94. The van der Waals surface area contributed by atoms with E-state index < -0.39 is 24.2 Å². The smallest absolute Gasteiger partial charge is 0.288 e. The average molecular weight is 412 g/mol. The number of ether oxygens (including phenoxy) is 2. The number of hydrogen-bond donors (Lipinski definition) is 2. The molecule has 0 aliphatic heterocycles. The summed E-state index contributed by atoms with van der Waals surface area (Å²) in [6.07, 6.45) is 3.36. The minimum atomic E-state index is -0.627. The van der Waals surface area contributed by atoms with Crippen LogP contribution >= 0.6 is 0 Å². The van der Waals surface area contributed by atoms with Gasteiger partial charge >= 0.3 is 0 Å². The second-order valence-electron chi connectivity index (χ2n) is 5.94. The number of halogens is 1. The number of imidazole rings is 1. The zero-order valence-corrected chi connectivity index (χ0v) is 15.8. The van der Waals surface area contributed by atoms with E-state index >= 15 is 0 Å². The minimum absolute atomic E-state index is 0.133. The van der Waals surface area contributed by atoms with Crippen LogP contribution in [0.4, 0.5) is 4.39 Å². The summed E-state index contributed by atoms with van der Waals surface area (Å²) in [5.41, 5.74) is 5.54. The summed E-state index contributed by atoms with van der Waals surface area (Å²) in [7, 11) is 1.40. The summed E-state index contributed by atoms with van der Waals surface area (Å²) >= 11 is 0. The van der Waals surface area contributed by atoms with Crippen molar-refractivity contribution in [1.29, 1.82) is 0 Å². The lowest BCUT2D eigenvalue weighted by Crippen LogP contribution is -2.44. The van der Waals surface area contributed by atoms with Gasteiger partial charge < -0.3 is 9.47 Å². The van der Waals surface area contributed by atoms with Crippen LogP contribution in [0.2, 0.25) is 0 Å². The predicted molar refractivity (Wildman–Crippen MR) is 103 cm³/mol. The highest BCUT2D eigenvalue weighted by atomic mass is 19.1. The minimum Gasteiger partial charge on any atom is -0.493 e. The molecule has 0 radical (unpaired) electrons. The molecule has 0 saturated carbocycles. The average Bonchev–Trinajstić information content (AvgIpc) is 3.26. The van der Waals surface area contributed by atoms with Gasteiger partial charge in [-0.25, -0.2) is 9.37 Å². The number of benzene rings is 2. The lowest BCUT2D eigenvalue weighted by molar-refractivity contribution is -0.123. The number of methoxy groups -OCH3 is 1. The zero-order valence-electron chi connectivity index (χ0n) is 15.8. The van der Waals surface area contributed by atoms with Crippen LogP contribution in [-0.2, 0) is 4.79 Å². The Morgan fingerprint density at radius 3 is 2.60 bits per heavy atom. The van der Waals surface area contributed by atoms with Gasteiger partial charge in [0.1, 0.15) is 17.8 Å². The number of nitrogens with zero attached hydrogens (tertiary/aromatic N) is 2. The molecule has 154 valence electrons. The van der Waals surface area contributed by atoms with Gasteiger partial charge in [-0.05, 0) is 42.5 Å². The van der Waals surface area contributed by atoms with Gasteiger partial charge in [0.2, 0.25) is 0 Å². The summed E-state index contributed by atoms with van der Waals surface area (Å²) in [6.45, 7) is -0.408. The summed E-state index contributed by atoms with van der Waals surface area (Å²) < 4.78 is 25.0. The summed E-state index contributed by atoms with van der Waals surface area (Å²) in [6, 6.07) is 9.97. The largest absolute Gasteiger partial charge is 0.493 e. The van der Waals surface area contributed by atoms with Gasteiger partial charge in [0, 0.05) is 11.3 Å². The lowest BCUT2D eigenvalue weighted by Gasteiger charge is -2.12. The first-order valence-corrected chi connectivity index (χ1v) is 8.65. The first-order chi connectivity index (χ1) is 14.5. The van der Waals surface area contributed by atoms with E-state index in [2.05, 4.69) is 15.8 Å². The monoisotopic (exact) mass is 412 g/mol. The molecule has 3 rings (SSSR count). The molecule has 0 aliphatic rings. The molecule has 1 aromatic heterocycles. The standard InChI is InChI=1S/C20H17FN4O5/c1-29-18-8-13(10-26)2-7-17(18)30-11-19(27)23-24-20(28)16-9-22-12-25(16)15-5-3-14(21)4-6-15/h2-10,12H,11H2,1H3,(H,23,27)(H,24,28). The molecule has 0 saturated heterocycles. The molecule has 1 heterocycles. The molecule has 0 aliphatic carbocycles. The third-order valence-electron chi connectivity index (χ3n) is 3.97. The molecule has 0 spiro atoms. The number of hydrazine groups is 1. The number of rotatable bonds is 7. The van der Waals surface area contributed by atoms with E-state index in [-0.39, 0.29) is 11.4 Å². The van der Waals surface area contributed by atoms with Gasteiger partial charge in [-0.3, -0.25) is 29.8 Å². The van der Waals surface area contributed by atoms with Crippen molar-refractivity contribution in [2.75, 3.05) is 13.7 Å². The molecule has 10 heteroatoms. The SMILES string of the molecule is COc1cc(C=O)ccc1OCC(=O)NNC(=O)c1cncn1-c1ccc(F)cc1. The van der Waals surface area contributed by atoms with Crippen LogP contribution in [0.15, 0.2) is 55.0 Å². The molecule has 0 unspecified atom stereocenters. The van der Waals surface area contributed by atoms with Crippen LogP contribution < -0.4 is 20.3 Å². The van der Waals surface area contributed by atoms with Gasteiger partial charge in [0.25, 0.3) is 11.8 Å². The topological polar surface area (TPSA) is 112 Å². The Morgan fingerprint density at radius 2 is 1.90 bits per heavy atom. The van der Waals surface area contributed by atoms with Crippen LogP contribution in [0, 0.1) is 5.82 Å². The molecule has 30 heavy (non-hydrogen) atoms. The zero-order chi connectivity index (χ0) is 21.5. The van der Waals surface area contributed by atoms with E-state index in [1.807, 2.05) is 0 Å². The van der Waals surface area contributed by atoms with Crippen LogP contribution in [-0.4, -0.2) is 41.4 Å². The van der Waals surface area contributed by atoms with E-state index in [1.54, 1.807) is 0 Å². The van der Waals surface area contributed by atoms with E-state index in [1.165, 1.54) is 66.7 Å². The van der Waals surface area contributed by atoms with Crippen LogP contribution in [0.3, 0.4) is 0 Å². The van der Waals surface area contributed by atoms with E-state index in [0.29, 0.717) is 23.3 Å². The Bertz CT molecular complexity index is 1070. The summed E-state index contributed by atoms with van der Waals surface area (Å²) in [5.74, 6) is -1.11. The van der Waals surface area contributed by atoms with Gasteiger partial charge in [-0.15, -0.1) is 0 Å². The molecular formula is C20H17FN4O5. The molecule has 2 aromatic carbocycles. The van der Waals surface area contributed by atoms with Crippen molar-refractivity contribution in [3.05, 3.63) is 72.1 Å². The molecule has 0 atom stereocenters. The molecular weight excluding hydrogens is 395 g/mol. The highest BCUT2D eigenvalue weighted by molar-refractivity contribution is 5.94. The molecule has 0 fully saturated rings. The van der Waals surface area contributed by atoms with Gasteiger partial charge in [0.05, 0.1) is 19.6 Å². The van der Waals surface area contributed by atoms with Crippen molar-refractivity contribution >= 4 is 18.1 Å². The predicted octanol–water partition coefficient (Wildman–Crippen LogP) is 1.67. The fraction of sp³-hybridized carbons (Fsp3) is 0.100. The Morgan fingerprint density at radius 1 is 1.13 bits per heavy atom. The van der Waals surface area contributed by atoms with Crippen LogP contribution in [0.1, 0.15) is 20.8 Å². The fourth-order valence-corrected chi connectivity index (χ4v) is 2.52. The van der Waals surface area contributed by atoms with Crippen molar-refractivity contribution in [3.63, 3.8) is 0 Å². The third kappa shape index (κ3) is 4.79. The van der Waals surface area contributed by atoms with Crippen molar-refractivity contribution < 1.29 is 28.2 Å². The van der Waals surface area contributed by atoms with E-state index in [9.17, 15) is 18.8 Å². The first kappa shape index (κ1) is 20.5. The normalized spacial score (nSPS) is 10.2. The fourth-order valence-electron chi connectivity index (χ4n) is 2.52.